The van der Waals surface area contributed by atoms with Gasteiger partial charge in [-0.1, -0.05) is 23.8 Å². The van der Waals surface area contributed by atoms with Gasteiger partial charge in [-0.05, 0) is 145 Å². The number of hydrogen-bond acceptors (Lipinski definition) is 21. The molecule has 0 saturated carbocycles. The molecule has 88 heavy (non-hydrogen) atoms. The van der Waals surface area contributed by atoms with E-state index in [1.165, 1.54) is 31.0 Å². The first-order valence-corrected chi connectivity index (χ1v) is 29.1. The van der Waals surface area contributed by atoms with Crippen molar-refractivity contribution in [2.45, 2.75) is 61.9 Å². The third-order valence-corrected chi connectivity index (χ3v) is 15.4. The molecular formula is C64H68N20O2S2. The number of nitrogens with two attached hydrogens (primary N) is 8. The highest BCUT2D eigenvalue weighted by Gasteiger charge is 2.12. The molecule has 15 aromatic rings. The predicted molar refractivity (Wildman–Crippen MR) is 363 cm³/mol. The van der Waals surface area contributed by atoms with Crippen molar-refractivity contribution in [3.8, 4) is 0 Å². The van der Waals surface area contributed by atoms with Gasteiger partial charge in [0.1, 0.15) is 63.4 Å². The van der Waals surface area contributed by atoms with Gasteiger partial charge in [0, 0.05) is 96.3 Å². The van der Waals surface area contributed by atoms with E-state index in [9.17, 15) is 0 Å². The molecule has 0 fully saturated rings. The Morgan fingerprint density at radius 2 is 1.03 bits per heavy atom. The van der Waals surface area contributed by atoms with E-state index < -0.39 is 0 Å². The SMILES string of the molecule is Cc1cc2c(N)nccc2[nH]1.Cc1cc2c(N)nccc2o1.Cc1cc2c(N)nccc2s1.Cc1cc2ccnc(N)c2[nH]1.Cc1cc2ccnc(N)c2o1.Cc1cc2ccnc(N)c2s1.Cc1ccc2c(c1)CN=C2N.Cc1nc2c(N)nccc2[nH]1. The third kappa shape index (κ3) is 15.0. The molecule has 0 aliphatic carbocycles. The minimum atomic E-state index is 0.454. The molecule has 22 nitrogen and oxygen atoms in total. The molecule has 24 heteroatoms. The maximum atomic E-state index is 5.67. The molecule has 1 aromatic carbocycles. The van der Waals surface area contributed by atoms with Crippen molar-refractivity contribution in [3.05, 3.63) is 196 Å². The summed E-state index contributed by atoms with van der Waals surface area (Å²) < 4.78 is 13.0. The van der Waals surface area contributed by atoms with Gasteiger partial charge in [-0.15, -0.1) is 22.7 Å². The first-order valence-electron chi connectivity index (χ1n) is 27.5. The van der Waals surface area contributed by atoms with E-state index in [0.717, 1.165) is 100 Å². The van der Waals surface area contributed by atoms with Crippen LogP contribution < -0.4 is 45.9 Å². The number of imidazole rings is 1. The molecule has 0 radical (unpaired) electrons. The fraction of sp³-hybridized carbons (Fsp3) is 0.141. The summed E-state index contributed by atoms with van der Waals surface area (Å²) in [4.78, 5) is 48.0. The molecule has 0 atom stereocenters. The molecule has 0 spiro atoms. The molecular weight excluding hydrogens is 1140 g/mol. The maximum Gasteiger partial charge on any atom is 0.176 e. The van der Waals surface area contributed by atoms with Crippen molar-refractivity contribution in [3.63, 3.8) is 0 Å². The first kappa shape index (κ1) is 61.5. The van der Waals surface area contributed by atoms with E-state index in [2.05, 4.69) is 105 Å². The Labute approximate surface area is 513 Å². The normalized spacial score (nSPS) is 11.1. The van der Waals surface area contributed by atoms with Crippen molar-refractivity contribution in [1.29, 1.82) is 0 Å². The number of nitrogen functional groups attached to an aromatic ring is 7. The van der Waals surface area contributed by atoms with Crippen molar-refractivity contribution in [1.82, 2.24) is 54.8 Å². The average Bonchev–Trinajstić information content (AvgIpc) is 4.57. The fourth-order valence-corrected chi connectivity index (χ4v) is 11.2. The van der Waals surface area contributed by atoms with E-state index in [4.69, 9.17) is 54.7 Å². The number of rotatable bonds is 0. The van der Waals surface area contributed by atoms with Gasteiger partial charge in [-0.2, -0.15) is 0 Å². The molecule has 15 heterocycles. The lowest BCUT2D eigenvalue weighted by molar-refractivity contribution is 0.578. The number of hydrogen-bond donors (Lipinski definition) is 11. The number of fused-ring (bicyclic) bond motifs is 8. The summed E-state index contributed by atoms with van der Waals surface area (Å²) in [5.41, 5.74) is 56.0. The number of H-pyrrole nitrogens is 3. The Morgan fingerprint density at radius 3 is 1.72 bits per heavy atom. The van der Waals surface area contributed by atoms with E-state index in [1.54, 1.807) is 72.1 Å². The van der Waals surface area contributed by atoms with Crippen LogP contribution >= 0.6 is 22.7 Å². The summed E-state index contributed by atoms with van der Waals surface area (Å²) >= 11 is 3.44. The maximum absolute atomic E-state index is 5.67. The molecule has 14 aromatic heterocycles. The monoisotopic (exact) mass is 1210 g/mol. The Kier molecular flexibility index (Phi) is 19.1. The topological polar surface area (TPSA) is 397 Å². The first-order chi connectivity index (χ1) is 42.2. The van der Waals surface area contributed by atoms with Crippen LogP contribution in [0.3, 0.4) is 0 Å². The number of aromatic amines is 3. The third-order valence-electron chi connectivity index (χ3n) is 13.3. The minimum Gasteiger partial charge on any atom is -0.461 e. The van der Waals surface area contributed by atoms with Gasteiger partial charge < -0.3 is 69.7 Å². The van der Waals surface area contributed by atoms with Gasteiger partial charge in [0.25, 0.3) is 0 Å². The Morgan fingerprint density at radius 1 is 0.443 bits per heavy atom. The summed E-state index contributed by atoms with van der Waals surface area (Å²) in [6.07, 6.45) is 11.9. The average molecular weight is 1210 g/mol. The Balaban J connectivity index is 0.000000120. The molecule has 0 bridgehead atoms. The number of anilines is 7. The second kappa shape index (κ2) is 27.3. The number of furan rings is 2. The highest BCUT2D eigenvalue weighted by atomic mass is 32.1. The Hall–Kier alpha value is -11.1. The van der Waals surface area contributed by atoms with Gasteiger partial charge >= 0.3 is 0 Å². The van der Waals surface area contributed by atoms with Crippen LogP contribution in [0.15, 0.2) is 154 Å². The molecule has 1 aliphatic rings. The molecule has 19 N–H and O–H groups in total. The summed E-state index contributed by atoms with van der Waals surface area (Å²) in [6, 6.07) is 31.7. The largest absolute Gasteiger partial charge is 0.461 e. The van der Waals surface area contributed by atoms with Crippen molar-refractivity contribution < 1.29 is 8.83 Å². The lowest BCUT2D eigenvalue weighted by Gasteiger charge is -1.98. The molecule has 16 rings (SSSR count). The molecule has 448 valence electrons. The van der Waals surface area contributed by atoms with Gasteiger partial charge in [0.15, 0.2) is 17.2 Å². The van der Waals surface area contributed by atoms with E-state index in [-0.39, 0.29) is 0 Å². The number of aryl methyl sites for hydroxylation is 8. The molecule has 0 saturated heterocycles. The molecule has 0 amide bonds. The fourth-order valence-electron chi connectivity index (χ4n) is 9.32. The van der Waals surface area contributed by atoms with Crippen LogP contribution in [-0.2, 0) is 6.54 Å². The second-order valence-electron chi connectivity index (χ2n) is 20.4. The molecule has 1 aliphatic heterocycles. The van der Waals surface area contributed by atoms with E-state index in [1.807, 2.05) is 101 Å². The van der Waals surface area contributed by atoms with Crippen LogP contribution in [0.4, 0.5) is 40.7 Å². The number of thiophene rings is 2. The summed E-state index contributed by atoms with van der Waals surface area (Å²) in [5, 5.41) is 6.30. The smallest absolute Gasteiger partial charge is 0.176 e. The standard InChI is InChI=1S/C9H10N2.2C8H9N3.2C8H8N2O.2C8H8N2S.C7H8N4/c1-6-2-3-8-7(4-6)5-11-9(8)10;1-5-4-6-7(11-5)2-3-10-8(6)9;1-5-4-6-2-3-10-8(9)7(6)11-5;1-5-4-6-7(11-5)2-3-10-8(6)9;1-5-4-6-2-3-10-8(9)7(6)11-5;1-5-4-6-7(11-5)2-3-10-8(6)9;1-5-4-6-2-3-10-8(9)7(6)11-5;1-4-10-5-2-3-9-7(8)6(5)11-4/h2-4H,5H2,1H3,(H2,10,11);2*2-4,11H,1H3,(H2,9,10);4*2-4H,1H3,(H2,9,10);2-3H,1H3,(H2,8,9)(H,10,11). The van der Waals surface area contributed by atoms with Crippen LogP contribution in [0.2, 0.25) is 0 Å². The Bertz CT molecular complexity index is 4140. The van der Waals surface area contributed by atoms with Crippen LogP contribution in [-0.4, -0.2) is 60.7 Å². The minimum absolute atomic E-state index is 0.454. The van der Waals surface area contributed by atoms with Crippen molar-refractivity contribution in [2.75, 3.05) is 40.1 Å². The zero-order valence-corrected chi connectivity index (χ0v) is 51.4. The summed E-state index contributed by atoms with van der Waals surface area (Å²) in [6.45, 7) is 16.6. The predicted octanol–water partition coefficient (Wildman–Crippen LogP) is 12.8. The molecule has 0 unspecified atom stereocenters. The number of pyridine rings is 7. The van der Waals surface area contributed by atoms with Gasteiger partial charge in [-0.3, -0.25) is 4.99 Å². The number of aromatic nitrogens is 11. The lowest BCUT2D eigenvalue weighted by Crippen LogP contribution is -2.10. The van der Waals surface area contributed by atoms with Crippen LogP contribution in [0.5, 0.6) is 0 Å². The number of nitrogens with zero attached hydrogens (tertiary/aromatic N) is 9. The van der Waals surface area contributed by atoms with E-state index in [0.29, 0.717) is 52.1 Å². The summed E-state index contributed by atoms with van der Waals surface area (Å²) in [5.74, 6) is 7.15. The van der Waals surface area contributed by atoms with E-state index >= 15 is 0 Å². The van der Waals surface area contributed by atoms with Crippen molar-refractivity contribution >= 4 is 144 Å². The summed E-state index contributed by atoms with van der Waals surface area (Å²) in [7, 11) is 0. The highest BCUT2D eigenvalue weighted by Crippen LogP contribution is 2.30. The highest BCUT2D eigenvalue weighted by molar-refractivity contribution is 7.19. The zero-order valence-electron chi connectivity index (χ0n) is 49.8. The number of benzene rings is 1. The van der Waals surface area contributed by atoms with Crippen LogP contribution in [0.25, 0.3) is 75.0 Å². The van der Waals surface area contributed by atoms with Gasteiger partial charge in [-0.25, -0.2) is 39.9 Å². The van der Waals surface area contributed by atoms with Crippen molar-refractivity contribution in [2.24, 2.45) is 10.7 Å². The quantitative estimate of drug-likeness (QED) is 0.0672. The van der Waals surface area contributed by atoms with Gasteiger partial charge in [0.2, 0.25) is 0 Å². The van der Waals surface area contributed by atoms with Crippen LogP contribution in [0, 0.1) is 55.4 Å². The number of aliphatic imine (C=N–C) groups is 1. The second-order valence-corrected chi connectivity index (χ2v) is 22.9. The number of amidine groups is 1. The lowest BCUT2D eigenvalue weighted by atomic mass is 10.1. The van der Waals surface area contributed by atoms with Crippen LogP contribution in [0.1, 0.15) is 55.2 Å². The number of nitrogens with one attached hydrogen (secondary N) is 3. The van der Waals surface area contributed by atoms with Gasteiger partial charge in [0.05, 0.1) is 33.2 Å². The zero-order chi connectivity index (χ0) is 62.8.